The van der Waals surface area contributed by atoms with Gasteiger partial charge in [-0.15, -0.1) is 0 Å². The van der Waals surface area contributed by atoms with Gasteiger partial charge in [0, 0.05) is 11.6 Å². The highest BCUT2D eigenvalue weighted by atomic mass is 16.5. The van der Waals surface area contributed by atoms with Gasteiger partial charge in [-0.3, -0.25) is 0 Å². The van der Waals surface area contributed by atoms with E-state index in [-0.39, 0.29) is 0 Å². The lowest BCUT2D eigenvalue weighted by molar-refractivity contribution is 0.369. The molecule has 0 aliphatic carbocycles. The second-order valence-corrected chi connectivity index (χ2v) is 4.34. The molecule has 20 heavy (non-hydrogen) atoms. The van der Waals surface area contributed by atoms with Gasteiger partial charge >= 0.3 is 0 Å². The SMILES string of the molecule is C(#Cc1cccc2ccccc12)COc1[c]cccc1. The van der Waals surface area contributed by atoms with Crippen LogP contribution in [0.3, 0.4) is 0 Å². The van der Waals surface area contributed by atoms with Crippen molar-refractivity contribution in [2.75, 3.05) is 6.61 Å². The van der Waals surface area contributed by atoms with E-state index in [2.05, 4.69) is 36.1 Å². The molecule has 3 rings (SSSR count). The molecule has 0 amide bonds. The van der Waals surface area contributed by atoms with Crippen LogP contribution in [0.5, 0.6) is 5.75 Å². The molecule has 0 saturated heterocycles. The van der Waals surface area contributed by atoms with Gasteiger partial charge in [0.15, 0.2) is 0 Å². The number of hydrogen-bond donors (Lipinski definition) is 0. The summed E-state index contributed by atoms with van der Waals surface area (Å²) in [6.07, 6.45) is 0. The Morgan fingerprint density at radius 1 is 0.900 bits per heavy atom. The Bertz CT molecular complexity index is 758. The summed E-state index contributed by atoms with van der Waals surface area (Å²) in [5.74, 6) is 6.94. The lowest BCUT2D eigenvalue weighted by atomic mass is 10.1. The molecule has 0 saturated carbocycles. The Hall–Kier alpha value is -2.72. The maximum absolute atomic E-state index is 5.51. The predicted molar refractivity (Wildman–Crippen MR) is 81.6 cm³/mol. The van der Waals surface area contributed by atoms with Gasteiger partial charge in [0.2, 0.25) is 0 Å². The molecule has 0 heterocycles. The molecular weight excluding hydrogens is 244 g/mol. The number of fused-ring (bicyclic) bond motifs is 1. The van der Waals surface area contributed by atoms with Crippen LogP contribution in [0.1, 0.15) is 5.56 Å². The number of rotatable bonds is 2. The highest BCUT2D eigenvalue weighted by molar-refractivity contribution is 5.88. The van der Waals surface area contributed by atoms with Gasteiger partial charge in [0.05, 0.1) is 0 Å². The average molecular weight is 257 g/mol. The van der Waals surface area contributed by atoms with E-state index in [9.17, 15) is 0 Å². The lowest BCUT2D eigenvalue weighted by Crippen LogP contribution is -1.93. The van der Waals surface area contributed by atoms with Gasteiger partial charge in [-0.2, -0.15) is 0 Å². The monoisotopic (exact) mass is 257 g/mol. The molecule has 0 aliphatic rings. The van der Waals surface area contributed by atoms with Crippen LogP contribution < -0.4 is 4.74 Å². The van der Waals surface area contributed by atoms with Crippen molar-refractivity contribution in [2.24, 2.45) is 0 Å². The van der Waals surface area contributed by atoms with Crippen molar-refractivity contribution in [1.29, 1.82) is 0 Å². The van der Waals surface area contributed by atoms with Crippen molar-refractivity contribution in [2.45, 2.75) is 0 Å². The van der Waals surface area contributed by atoms with Gasteiger partial charge in [-0.05, 0) is 22.9 Å². The third kappa shape index (κ3) is 2.81. The van der Waals surface area contributed by atoms with Crippen LogP contribution >= 0.6 is 0 Å². The predicted octanol–water partition coefficient (Wildman–Crippen LogP) is 4.07. The minimum Gasteiger partial charge on any atom is -0.480 e. The normalized spacial score (nSPS) is 9.80. The van der Waals surface area contributed by atoms with E-state index in [0.717, 1.165) is 11.3 Å². The first-order valence-electron chi connectivity index (χ1n) is 6.50. The van der Waals surface area contributed by atoms with E-state index in [0.29, 0.717) is 6.61 Å². The first-order valence-corrected chi connectivity index (χ1v) is 6.50. The van der Waals surface area contributed by atoms with E-state index in [1.54, 1.807) is 0 Å². The molecular formula is C19H13O. The van der Waals surface area contributed by atoms with Crippen LogP contribution in [-0.2, 0) is 0 Å². The van der Waals surface area contributed by atoms with E-state index in [4.69, 9.17) is 4.74 Å². The Morgan fingerprint density at radius 2 is 1.75 bits per heavy atom. The Balaban J connectivity index is 1.76. The summed E-state index contributed by atoms with van der Waals surface area (Å²) in [7, 11) is 0. The Labute approximate surface area is 118 Å². The van der Waals surface area contributed by atoms with Crippen LogP contribution in [0, 0.1) is 17.9 Å². The molecule has 0 aromatic heterocycles. The number of ether oxygens (including phenoxy) is 1. The molecule has 1 radical (unpaired) electrons. The van der Waals surface area contributed by atoms with Crippen molar-refractivity contribution in [3.05, 3.63) is 78.4 Å². The van der Waals surface area contributed by atoms with E-state index in [1.165, 1.54) is 10.8 Å². The van der Waals surface area contributed by atoms with Crippen LogP contribution in [0.4, 0.5) is 0 Å². The highest BCUT2D eigenvalue weighted by Gasteiger charge is 1.96. The molecule has 0 bridgehead atoms. The second kappa shape index (κ2) is 5.95. The fraction of sp³-hybridized carbons (Fsp3) is 0.0526. The summed E-state index contributed by atoms with van der Waals surface area (Å²) in [6.45, 7) is 0.365. The molecule has 95 valence electrons. The molecule has 0 unspecified atom stereocenters. The largest absolute Gasteiger partial charge is 0.480 e. The van der Waals surface area contributed by atoms with Crippen LogP contribution in [0.15, 0.2) is 66.7 Å². The number of benzene rings is 3. The quantitative estimate of drug-likeness (QED) is 0.629. The molecule has 0 N–H and O–H groups in total. The standard InChI is InChI=1S/C19H13O/c1-2-12-18(13-3-1)20-15-7-11-17-10-6-9-16-8-4-5-14-19(16)17/h1-6,8-10,12,14H,15H2. The van der Waals surface area contributed by atoms with E-state index < -0.39 is 0 Å². The van der Waals surface area contributed by atoms with Gasteiger partial charge in [-0.25, -0.2) is 0 Å². The van der Waals surface area contributed by atoms with Crippen molar-refractivity contribution in [1.82, 2.24) is 0 Å². The number of hydrogen-bond acceptors (Lipinski definition) is 1. The minimum atomic E-state index is 0.365. The van der Waals surface area contributed by atoms with Gasteiger partial charge in [0.25, 0.3) is 0 Å². The summed E-state index contributed by atoms with van der Waals surface area (Å²) in [5.41, 5.74) is 1.03. The molecule has 0 fully saturated rings. The topological polar surface area (TPSA) is 9.23 Å². The second-order valence-electron chi connectivity index (χ2n) is 4.34. The fourth-order valence-electron chi connectivity index (χ4n) is 2.05. The molecule has 0 aliphatic heterocycles. The van der Waals surface area contributed by atoms with Crippen LogP contribution in [0.25, 0.3) is 10.8 Å². The fourth-order valence-corrected chi connectivity index (χ4v) is 2.05. The summed E-state index contributed by atoms with van der Waals surface area (Å²) in [4.78, 5) is 0. The zero-order valence-electron chi connectivity index (χ0n) is 11.0. The van der Waals surface area contributed by atoms with Crippen molar-refractivity contribution in [3.63, 3.8) is 0 Å². The maximum Gasteiger partial charge on any atom is 0.149 e. The Morgan fingerprint density at radius 3 is 2.65 bits per heavy atom. The first kappa shape index (κ1) is 12.3. The third-order valence-electron chi connectivity index (χ3n) is 2.99. The first-order chi connectivity index (χ1) is 9.93. The summed E-state index contributed by atoms with van der Waals surface area (Å²) < 4.78 is 5.51. The molecule has 3 aromatic carbocycles. The average Bonchev–Trinajstić information content (AvgIpc) is 2.53. The zero-order valence-corrected chi connectivity index (χ0v) is 11.0. The molecule has 0 atom stereocenters. The Kier molecular flexibility index (Phi) is 3.66. The van der Waals surface area contributed by atoms with Crippen LogP contribution in [-0.4, -0.2) is 6.61 Å². The molecule has 0 spiro atoms. The highest BCUT2D eigenvalue weighted by Crippen LogP contribution is 2.17. The molecule has 1 heteroatoms. The molecule has 1 nitrogen and oxygen atoms in total. The molecule has 3 aromatic rings. The maximum atomic E-state index is 5.51. The van der Waals surface area contributed by atoms with Crippen molar-refractivity contribution < 1.29 is 4.74 Å². The number of para-hydroxylation sites is 1. The van der Waals surface area contributed by atoms with Crippen molar-refractivity contribution >= 4 is 10.8 Å². The van der Waals surface area contributed by atoms with Gasteiger partial charge in [0.1, 0.15) is 12.4 Å². The summed E-state index contributed by atoms with van der Waals surface area (Å²) in [5, 5.41) is 2.38. The van der Waals surface area contributed by atoms with E-state index >= 15 is 0 Å². The summed E-state index contributed by atoms with van der Waals surface area (Å²) >= 11 is 0. The van der Waals surface area contributed by atoms with Gasteiger partial charge in [-0.1, -0.05) is 66.4 Å². The van der Waals surface area contributed by atoms with Crippen LogP contribution in [0.2, 0.25) is 0 Å². The minimum absolute atomic E-state index is 0.365. The van der Waals surface area contributed by atoms with Crippen molar-refractivity contribution in [3.8, 4) is 17.6 Å². The smallest absolute Gasteiger partial charge is 0.149 e. The lowest BCUT2D eigenvalue weighted by Gasteiger charge is -2.00. The third-order valence-corrected chi connectivity index (χ3v) is 2.99. The summed E-state index contributed by atoms with van der Waals surface area (Å²) in [6, 6.07) is 24.9. The zero-order chi connectivity index (χ0) is 13.6. The van der Waals surface area contributed by atoms with E-state index in [1.807, 2.05) is 48.5 Å². The van der Waals surface area contributed by atoms with Gasteiger partial charge < -0.3 is 4.74 Å².